The number of rotatable bonds is 23. The Morgan fingerprint density at radius 1 is 1.11 bits per heavy atom. The molecule has 53 heavy (non-hydrogen) atoms. The maximum absolute atomic E-state index is 12.9. The van der Waals surface area contributed by atoms with Crippen LogP contribution in [0.3, 0.4) is 0 Å². The minimum absolute atomic E-state index is 0.0186. The van der Waals surface area contributed by atoms with Crippen LogP contribution in [0.4, 0.5) is 0 Å². The number of nitrogens with zero attached hydrogens (tertiary/aromatic N) is 3. The lowest BCUT2D eigenvalue weighted by Gasteiger charge is -2.36. The van der Waals surface area contributed by atoms with Crippen molar-refractivity contribution in [1.29, 1.82) is 0 Å². The summed E-state index contributed by atoms with van der Waals surface area (Å²) in [6.45, 7) is 11.0. The number of ketones is 1. The molecule has 1 aromatic heterocycles. The quantitative estimate of drug-likeness (QED) is 0.0412. The highest BCUT2D eigenvalue weighted by Gasteiger charge is 2.40. The van der Waals surface area contributed by atoms with Crippen molar-refractivity contribution in [1.82, 2.24) is 19.5 Å². The third-order valence-corrected chi connectivity index (χ3v) is 11.3. The summed E-state index contributed by atoms with van der Waals surface area (Å²) in [4.78, 5) is 68.8. The zero-order valence-corrected chi connectivity index (χ0v) is 33.2. The number of nitrogens with one attached hydrogen (secondary N) is 2. The Bertz CT molecular complexity index is 1650. The molecule has 15 heteroatoms. The van der Waals surface area contributed by atoms with Gasteiger partial charge in [-0.3, -0.25) is 33.7 Å². The standard InChI is InChI=1S/C38H56N5O8PS/c1-7-39-26-49-52(43(27(2)3)28(4)5)51-33-24-35(50-29(33)6)42-25-31(36(46)41-38(42)48)19-20-34(45)40-22-15-10-8-9-14-18-32(44)21-23-53-37(47)30-16-12-11-13-17-30/h11-13,16-17,19-20,25-29,33,35H,7-10,14-15,18,21-24H2,1-6H3,(H,40,45)(H,41,46,48)/b20-19+,39-26?/t29-,33-,35-,52?/m1/s1/i6D. The van der Waals surface area contributed by atoms with Gasteiger partial charge in [0, 0.05) is 69.4 Å². The Morgan fingerprint density at radius 3 is 2.53 bits per heavy atom. The van der Waals surface area contributed by atoms with Crippen LogP contribution in [0.15, 0.2) is 57.2 Å². The monoisotopic (exact) mass is 774 g/mol. The van der Waals surface area contributed by atoms with E-state index in [1.165, 1.54) is 41.1 Å². The molecule has 2 N–H and O–H groups in total. The number of aromatic nitrogens is 2. The molecular weight excluding hydrogens is 717 g/mol. The fourth-order valence-corrected chi connectivity index (χ4v) is 8.08. The van der Waals surface area contributed by atoms with E-state index in [2.05, 4.69) is 20.0 Å². The first kappa shape index (κ1) is 42.3. The van der Waals surface area contributed by atoms with Crippen molar-refractivity contribution in [2.75, 3.05) is 18.8 Å². The van der Waals surface area contributed by atoms with Gasteiger partial charge in [-0.1, -0.05) is 61.4 Å². The van der Waals surface area contributed by atoms with Crippen molar-refractivity contribution >= 4 is 49.6 Å². The van der Waals surface area contributed by atoms with Gasteiger partial charge in [-0.15, -0.1) is 0 Å². The van der Waals surface area contributed by atoms with Gasteiger partial charge in [0.1, 0.15) is 12.0 Å². The van der Waals surface area contributed by atoms with Crippen LogP contribution in [0.5, 0.6) is 0 Å². The lowest BCUT2D eigenvalue weighted by Crippen LogP contribution is -2.35. The summed E-state index contributed by atoms with van der Waals surface area (Å²) in [6, 6.07) is 9.24. The molecule has 0 aliphatic carbocycles. The second kappa shape index (κ2) is 23.4. The van der Waals surface area contributed by atoms with E-state index in [9.17, 15) is 24.0 Å². The fourth-order valence-electron chi connectivity index (χ4n) is 5.64. The number of hydrogen-bond donors (Lipinski definition) is 2. The molecule has 2 aromatic rings. The molecule has 0 saturated carbocycles. The van der Waals surface area contributed by atoms with E-state index >= 15 is 0 Å². The van der Waals surface area contributed by atoms with Crippen molar-refractivity contribution < 1.29 is 29.5 Å². The highest BCUT2D eigenvalue weighted by atomic mass is 32.2. The molecular formula is C38H56N5O8PS. The zero-order chi connectivity index (χ0) is 39.5. The van der Waals surface area contributed by atoms with Crippen molar-refractivity contribution in [3.8, 4) is 0 Å². The molecule has 292 valence electrons. The molecule has 13 nitrogen and oxygen atoms in total. The summed E-state index contributed by atoms with van der Waals surface area (Å²) < 4.78 is 29.9. The maximum Gasteiger partial charge on any atom is 0.330 e. The van der Waals surface area contributed by atoms with Gasteiger partial charge < -0.3 is 19.1 Å². The Morgan fingerprint density at radius 2 is 1.83 bits per heavy atom. The normalized spacial score (nSPS) is 18.3. The third-order valence-electron chi connectivity index (χ3n) is 8.32. The van der Waals surface area contributed by atoms with Crippen LogP contribution in [-0.4, -0.2) is 80.6 Å². The Labute approximate surface area is 319 Å². The number of Topliss-reactive ketones (excluding diaryl/α,β-unsaturated/α-hetero) is 1. The van der Waals surface area contributed by atoms with Gasteiger partial charge >= 0.3 is 14.2 Å². The second-order valence-corrected chi connectivity index (χ2v) is 15.6. The summed E-state index contributed by atoms with van der Waals surface area (Å²) in [5, 5.41) is 2.79. The summed E-state index contributed by atoms with van der Waals surface area (Å²) in [5.74, 6) is 0.275. The maximum atomic E-state index is 12.9. The second-order valence-electron chi connectivity index (χ2n) is 13.2. The van der Waals surface area contributed by atoms with E-state index in [0.29, 0.717) is 37.2 Å². The van der Waals surface area contributed by atoms with Crippen molar-refractivity contribution in [2.45, 2.75) is 123 Å². The average Bonchev–Trinajstić information content (AvgIpc) is 3.54. The van der Waals surface area contributed by atoms with Crippen LogP contribution in [0.25, 0.3) is 6.08 Å². The molecule has 1 aliphatic heterocycles. The molecule has 2 heterocycles. The van der Waals surface area contributed by atoms with Gasteiger partial charge in [-0.05, 0) is 60.4 Å². The lowest BCUT2D eigenvalue weighted by atomic mass is 10.1. The minimum Gasteiger partial charge on any atom is -0.425 e. The van der Waals surface area contributed by atoms with Crippen molar-refractivity contribution in [2.24, 2.45) is 4.99 Å². The van der Waals surface area contributed by atoms with Crippen molar-refractivity contribution in [3.05, 3.63) is 74.6 Å². The van der Waals surface area contributed by atoms with Crippen LogP contribution in [0, 0.1) is 0 Å². The summed E-state index contributed by atoms with van der Waals surface area (Å²) >= 11 is 1.18. The number of H-pyrrole nitrogens is 1. The number of aromatic amines is 1. The van der Waals surface area contributed by atoms with Gasteiger partial charge in [0.25, 0.3) is 5.56 Å². The third kappa shape index (κ3) is 15.1. The van der Waals surface area contributed by atoms with Crippen LogP contribution in [-0.2, 0) is 23.4 Å². The highest BCUT2D eigenvalue weighted by molar-refractivity contribution is 8.14. The molecule has 1 aliphatic rings. The van der Waals surface area contributed by atoms with Crippen LogP contribution in [0.1, 0.15) is 116 Å². The van der Waals surface area contributed by atoms with Gasteiger partial charge in [0.15, 0.2) is 6.40 Å². The molecule has 4 atom stereocenters. The molecule has 3 rings (SSSR count). The topological polar surface area (TPSA) is 161 Å². The first-order chi connectivity index (χ1) is 25.9. The van der Waals surface area contributed by atoms with E-state index in [1.54, 1.807) is 12.1 Å². The SMILES string of the molecule is [2H]C[C@H]1O[C@@H](n2cc(/C=C/C(=O)NCCCCCCCC(=O)CCSC(=O)c3ccccc3)c(=O)[nH]c2=O)C[C@H]1OP(OC=NCC)N(C(C)C)C(C)C. The largest absolute Gasteiger partial charge is 0.425 e. The van der Waals surface area contributed by atoms with E-state index in [4.69, 9.17) is 15.2 Å². The molecule has 1 saturated heterocycles. The van der Waals surface area contributed by atoms with E-state index in [1.807, 2.05) is 52.8 Å². The summed E-state index contributed by atoms with van der Waals surface area (Å²) in [6.07, 6.45) is 8.75. The zero-order valence-electron chi connectivity index (χ0n) is 32.5. The molecule has 1 fully saturated rings. The average molecular weight is 775 g/mol. The Hall–Kier alpha value is -3.42. The molecule has 1 aromatic carbocycles. The van der Waals surface area contributed by atoms with Gasteiger partial charge in [0.2, 0.25) is 11.0 Å². The molecule has 0 radical (unpaired) electrons. The number of amides is 1. The van der Waals surface area contributed by atoms with Gasteiger partial charge in [0.05, 0.1) is 17.8 Å². The number of unbranched alkanes of at least 4 members (excludes halogenated alkanes) is 4. The van der Waals surface area contributed by atoms with Crippen LogP contribution < -0.4 is 16.6 Å². The molecule has 1 unspecified atom stereocenters. The smallest absolute Gasteiger partial charge is 0.330 e. The number of carbonyl (C=O) groups is 3. The summed E-state index contributed by atoms with van der Waals surface area (Å²) in [7, 11) is -1.60. The minimum atomic E-state index is -1.60. The Kier molecular flexibility index (Phi) is 18.7. The number of thioether (sulfide) groups is 1. The summed E-state index contributed by atoms with van der Waals surface area (Å²) in [5.41, 5.74) is -0.568. The fraction of sp³-hybridized carbons (Fsp3) is 0.579. The first-order valence-corrected chi connectivity index (χ1v) is 20.5. The van der Waals surface area contributed by atoms with Gasteiger partial charge in [-0.2, -0.15) is 0 Å². The van der Waals surface area contributed by atoms with E-state index < -0.39 is 38.2 Å². The Balaban J connectivity index is 1.43. The first-order valence-electron chi connectivity index (χ1n) is 19.1. The van der Waals surface area contributed by atoms with Crippen LogP contribution in [0.2, 0.25) is 0 Å². The van der Waals surface area contributed by atoms with Gasteiger partial charge in [-0.25, -0.2) is 9.46 Å². The number of ether oxygens (including phenoxy) is 1. The highest BCUT2D eigenvalue weighted by Crippen LogP contribution is 2.49. The number of hydrogen-bond acceptors (Lipinski definition) is 11. The number of carbonyl (C=O) groups excluding carboxylic acids is 3. The predicted octanol–water partition coefficient (Wildman–Crippen LogP) is 6.64. The predicted molar refractivity (Wildman–Crippen MR) is 212 cm³/mol. The van der Waals surface area contributed by atoms with Crippen molar-refractivity contribution in [3.63, 3.8) is 0 Å². The lowest BCUT2D eigenvalue weighted by molar-refractivity contribution is -0.119. The van der Waals surface area contributed by atoms with Crippen LogP contribution >= 0.6 is 20.3 Å². The molecule has 0 spiro atoms. The molecule has 0 bridgehead atoms. The number of aliphatic imine (C=N–C) groups is 1. The molecule has 1 amide bonds. The number of benzene rings is 1. The van der Waals surface area contributed by atoms with E-state index in [-0.39, 0.29) is 47.8 Å². The van der Waals surface area contributed by atoms with E-state index in [0.717, 1.165) is 32.1 Å².